The van der Waals surface area contributed by atoms with E-state index in [-0.39, 0.29) is 18.0 Å². The van der Waals surface area contributed by atoms with Crippen LogP contribution in [-0.2, 0) is 4.79 Å². The monoisotopic (exact) mass is 337 g/mol. The first-order valence-electron chi connectivity index (χ1n) is 8.08. The molecule has 0 radical (unpaired) electrons. The molecular weight excluding hydrogens is 314 g/mol. The SMILES string of the molecule is CC(NC(C)c1cccc(Cl)c1)C(=O)NC(=O)NC1CCCC1. The predicted octanol–water partition coefficient (Wildman–Crippen LogP) is 3.15. The minimum atomic E-state index is -0.488. The van der Waals surface area contributed by atoms with Crippen LogP contribution < -0.4 is 16.0 Å². The van der Waals surface area contributed by atoms with E-state index >= 15 is 0 Å². The van der Waals surface area contributed by atoms with Crippen molar-refractivity contribution in [1.29, 1.82) is 0 Å². The van der Waals surface area contributed by atoms with Gasteiger partial charge < -0.3 is 5.32 Å². The summed E-state index contributed by atoms with van der Waals surface area (Å²) in [6, 6.07) is 6.72. The Labute approximate surface area is 142 Å². The van der Waals surface area contributed by atoms with Crippen molar-refractivity contribution in [3.05, 3.63) is 34.9 Å². The zero-order valence-corrected chi connectivity index (χ0v) is 14.3. The number of nitrogens with one attached hydrogen (secondary N) is 3. The quantitative estimate of drug-likeness (QED) is 0.773. The summed E-state index contributed by atoms with van der Waals surface area (Å²) in [4.78, 5) is 23.9. The van der Waals surface area contributed by atoms with Gasteiger partial charge in [-0.25, -0.2) is 4.79 Å². The topological polar surface area (TPSA) is 70.2 Å². The van der Waals surface area contributed by atoms with E-state index in [1.807, 2.05) is 25.1 Å². The van der Waals surface area contributed by atoms with Crippen molar-refractivity contribution < 1.29 is 9.59 Å². The van der Waals surface area contributed by atoms with E-state index in [2.05, 4.69) is 16.0 Å². The molecule has 0 aliphatic heterocycles. The number of carbonyl (C=O) groups is 2. The summed E-state index contributed by atoms with van der Waals surface area (Å²) >= 11 is 5.98. The van der Waals surface area contributed by atoms with Crippen LogP contribution in [0.4, 0.5) is 4.79 Å². The van der Waals surface area contributed by atoms with Gasteiger partial charge in [-0.2, -0.15) is 0 Å². The van der Waals surface area contributed by atoms with Gasteiger partial charge in [0.25, 0.3) is 0 Å². The van der Waals surface area contributed by atoms with Crippen molar-refractivity contribution in [3.63, 3.8) is 0 Å². The maximum Gasteiger partial charge on any atom is 0.321 e. The Morgan fingerprint density at radius 2 is 1.91 bits per heavy atom. The molecule has 0 aromatic heterocycles. The number of hydrogen-bond acceptors (Lipinski definition) is 3. The molecule has 23 heavy (non-hydrogen) atoms. The van der Waals surface area contributed by atoms with Gasteiger partial charge in [-0.05, 0) is 44.4 Å². The molecule has 0 heterocycles. The molecule has 0 bridgehead atoms. The summed E-state index contributed by atoms with van der Waals surface area (Å²) in [5.74, 6) is -0.339. The number of urea groups is 1. The highest BCUT2D eigenvalue weighted by molar-refractivity contribution is 6.30. The van der Waals surface area contributed by atoms with Crippen molar-refractivity contribution in [3.8, 4) is 0 Å². The molecule has 6 heteroatoms. The first kappa shape index (κ1) is 17.8. The maximum atomic E-state index is 12.1. The average molecular weight is 338 g/mol. The highest BCUT2D eigenvalue weighted by atomic mass is 35.5. The fourth-order valence-electron chi connectivity index (χ4n) is 2.83. The third-order valence-electron chi connectivity index (χ3n) is 4.17. The summed E-state index contributed by atoms with van der Waals surface area (Å²) in [6.07, 6.45) is 4.24. The highest BCUT2D eigenvalue weighted by Crippen LogP contribution is 2.18. The summed E-state index contributed by atoms with van der Waals surface area (Å²) in [7, 11) is 0. The van der Waals surface area contributed by atoms with Crippen LogP contribution in [0.25, 0.3) is 0 Å². The molecule has 1 aromatic carbocycles. The number of halogens is 1. The Bertz CT molecular complexity index is 559. The van der Waals surface area contributed by atoms with Gasteiger partial charge >= 0.3 is 6.03 Å². The average Bonchev–Trinajstić information content (AvgIpc) is 2.99. The van der Waals surface area contributed by atoms with E-state index in [1.54, 1.807) is 13.0 Å². The van der Waals surface area contributed by atoms with Crippen molar-refractivity contribution in [2.75, 3.05) is 0 Å². The smallest absolute Gasteiger partial charge is 0.321 e. The van der Waals surface area contributed by atoms with Gasteiger partial charge in [0.2, 0.25) is 5.91 Å². The molecule has 0 spiro atoms. The first-order chi connectivity index (χ1) is 11.0. The molecule has 1 aliphatic rings. The lowest BCUT2D eigenvalue weighted by atomic mass is 10.1. The number of benzene rings is 1. The Morgan fingerprint density at radius 1 is 1.22 bits per heavy atom. The number of carbonyl (C=O) groups excluding carboxylic acids is 2. The van der Waals surface area contributed by atoms with Crippen molar-refractivity contribution in [1.82, 2.24) is 16.0 Å². The lowest BCUT2D eigenvalue weighted by Gasteiger charge is -2.20. The Morgan fingerprint density at radius 3 is 2.57 bits per heavy atom. The van der Waals surface area contributed by atoms with Gasteiger partial charge in [0.15, 0.2) is 0 Å². The maximum absolute atomic E-state index is 12.1. The van der Waals surface area contributed by atoms with Crippen LogP contribution in [0.5, 0.6) is 0 Å². The number of rotatable bonds is 5. The summed E-state index contributed by atoms with van der Waals surface area (Å²) < 4.78 is 0. The van der Waals surface area contributed by atoms with E-state index in [1.165, 1.54) is 0 Å². The van der Waals surface area contributed by atoms with E-state index < -0.39 is 12.1 Å². The van der Waals surface area contributed by atoms with E-state index in [9.17, 15) is 9.59 Å². The van der Waals surface area contributed by atoms with Gasteiger partial charge in [-0.3, -0.25) is 15.4 Å². The van der Waals surface area contributed by atoms with Crippen molar-refractivity contribution in [2.24, 2.45) is 0 Å². The van der Waals surface area contributed by atoms with Gasteiger partial charge in [-0.15, -0.1) is 0 Å². The van der Waals surface area contributed by atoms with Gasteiger partial charge in [-0.1, -0.05) is 36.6 Å². The Hall–Kier alpha value is -1.59. The molecule has 1 fully saturated rings. The number of hydrogen-bond donors (Lipinski definition) is 3. The minimum absolute atomic E-state index is 0.0488. The van der Waals surface area contributed by atoms with Gasteiger partial charge in [0.1, 0.15) is 0 Å². The zero-order chi connectivity index (χ0) is 16.8. The lowest BCUT2D eigenvalue weighted by Crippen LogP contribution is -2.50. The summed E-state index contributed by atoms with van der Waals surface area (Å²) in [6.45, 7) is 3.69. The molecule has 126 valence electrons. The second kappa shape index (κ2) is 8.31. The van der Waals surface area contributed by atoms with Crippen molar-refractivity contribution in [2.45, 2.75) is 57.7 Å². The molecule has 3 N–H and O–H groups in total. The molecule has 1 saturated carbocycles. The first-order valence-corrected chi connectivity index (χ1v) is 8.46. The van der Waals surface area contributed by atoms with Crippen LogP contribution >= 0.6 is 11.6 Å². The van der Waals surface area contributed by atoms with Crippen LogP contribution in [0.15, 0.2) is 24.3 Å². The van der Waals surface area contributed by atoms with Crippen LogP contribution in [0, 0.1) is 0 Å². The second-order valence-electron chi connectivity index (χ2n) is 6.11. The molecule has 2 rings (SSSR count). The zero-order valence-electron chi connectivity index (χ0n) is 13.6. The second-order valence-corrected chi connectivity index (χ2v) is 6.55. The van der Waals surface area contributed by atoms with Gasteiger partial charge in [0, 0.05) is 17.1 Å². The van der Waals surface area contributed by atoms with E-state index in [4.69, 9.17) is 11.6 Å². The third-order valence-corrected chi connectivity index (χ3v) is 4.40. The predicted molar refractivity (Wildman–Crippen MR) is 91.4 cm³/mol. The Kier molecular flexibility index (Phi) is 6.42. The Balaban J connectivity index is 1.80. The molecule has 3 amide bonds. The molecule has 0 saturated heterocycles. The number of amides is 3. The fourth-order valence-corrected chi connectivity index (χ4v) is 3.03. The molecule has 1 aromatic rings. The van der Waals surface area contributed by atoms with Crippen molar-refractivity contribution >= 4 is 23.5 Å². The van der Waals surface area contributed by atoms with E-state index in [0.717, 1.165) is 31.2 Å². The molecule has 2 atom stereocenters. The summed E-state index contributed by atoms with van der Waals surface area (Å²) in [5.41, 5.74) is 0.993. The fraction of sp³-hybridized carbons (Fsp3) is 0.529. The third kappa shape index (κ3) is 5.52. The summed E-state index contributed by atoms with van der Waals surface area (Å²) in [5, 5.41) is 9.07. The largest absolute Gasteiger partial charge is 0.335 e. The normalized spacial score (nSPS) is 17.5. The molecule has 5 nitrogen and oxygen atoms in total. The molecular formula is C17H24ClN3O2. The minimum Gasteiger partial charge on any atom is -0.335 e. The standard InChI is InChI=1S/C17H24ClN3O2/c1-11(13-6-5-7-14(18)10-13)19-12(2)16(22)21-17(23)20-15-8-3-4-9-15/h5-7,10-12,15,19H,3-4,8-9H2,1-2H3,(H2,20,21,22,23). The van der Waals surface area contributed by atoms with Crippen LogP contribution in [0.1, 0.15) is 51.1 Å². The molecule has 2 unspecified atom stereocenters. The van der Waals surface area contributed by atoms with Gasteiger partial charge in [0.05, 0.1) is 6.04 Å². The van der Waals surface area contributed by atoms with Crippen LogP contribution in [-0.4, -0.2) is 24.0 Å². The molecule has 1 aliphatic carbocycles. The van der Waals surface area contributed by atoms with Crippen LogP contribution in [0.3, 0.4) is 0 Å². The highest BCUT2D eigenvalue weighted by Gasteiger charge is 2.21. The lowest BCUT2D eigenvalue weighted by molar-refractivity contribution is -0.121. The van der Waals surface area contributed by atoms with E-state index in [0.29, 0.717) is 5.02 Å². The number of imide groups is 1. The van der Waals surface area contributed by atoms with Crippen LogP contribution in [0.2, 0.25) is 5.02 Å².